The number of ether oxygens (including phenoxy) is 4. The van der Waals surface area contributed by atoms with E-state index >= 15 is 14.4 Å². The quantitative estimate of drug-likeness (QED) is 0.0652. The van der Waals surface area contributed by atoms with Crippen molar-refractivity contribution in [3.8, 4) is 28.7 Å². The van der Waals surface area contributed by atoms with Gasteiger partial charge in [0.15, 0.2) is 0 Å². The number of hydrogen-bond donors (Lipinski definition) is 2. The topological polar surface area (TPSA) is 144 Å². The van der Waals surface area contributed by atoms with Crippen LogP contribution in [0.1, 0.15) is 46.6 Å². The van der Waals surface area contributed by atoms with Crippen LogP contribution in [0.4, 0.5) is 11.4 Å². The highest BCUT2D eigenvalue weighted by molar-refractivity contribution is 6.36. The Labute approximate surface area is 414 Å². The fraction of sp³-hybridized carbons (Fsp3) is 0.214. The molecule has 10 rings (SSSR count). The number of imide groups is 2. The van der Waals surface area contributed by atoms with Crippen molar-refractivity contribution in [2.24, 2.45) is 23.7 Å². The number of hydrogen-bond acceptors (Lipinski definition) is 10. The molecular formula is C56H47Cl2N3O9. The highest BCUT2D eigenvalue weighted by Gasteiger charge is 2.70. The molecule has 12 nitrogen and oxygen atoms in total. The van der Waals surface area contributed by atoms with Gasteiger partial charge in [0.25, 0.3) is 11.8 Å². The molecule has 0 radical (unpaired) electrons. The molecule has 4 amide bonds. The van der Waals surface area contributed by atoms with Crippen molar-refractivity contribution < 1.29 is 43.2 Å². The molecule has 354 valence electrons. The normalized spacial score (nSPS) is 22.6. The second kappa shape index (κ2) is 18.8. The van der Waals surface area contributed by atoms with E-state index < -0.39 is 52.7 Å². The Morgan fingerprint density at radius 3 is 2.16 bits per heavy atom. The summed E-state index contributed by atoms with van der Waals surface area (Å²) in [6.07, 6.45) is 5.96. The lowest BCUT2D eigenvalue weighted by atomic mass is 9.49. The number of carbonyl (C=O) groups excluding carboxylic acids is 4. The fourth-order valence-electron chi connectivity index (χ4n) is 10.9. The van der Waals surface area contributed by atoms with Crippen molar-refractivity contribution in [2.45, 2.75) is 30.8 Å². The predicted molar refractivity (Wildman–Crippen MR) is 267 cm³/mol. The number of rotatable bonds is 13. The van der Waals surface area contributed by atoms with Gasteiger partial charge in [-0.25, -0.2) is 0 Å². The molecule has 2 heterocycles. The van der Waals surface area contributed by atoms with E-state index in [9.17, 15) is 9.90 Å². The van der Waals surface area contributed by atoms with Crippen LogP contribution in [0, 0.1) is 23.7 Å². The van der Waals surface area contributed by atoms with Crippen LogP contribution in [0.25, 0.3) is 12.2 Å². The molecule has 3 fully saturated rings. The Hall–Kier alpha value is -7.54. The minimum absolute atomic E-state index is 0.0377. The molecular weight excluding hydrogens is 930 g/mol. The van der Waals surface area contributed by atoms with Gasteiger partial charge in [-0.2, -0.15) is 5.01 Å². The van der Waals surface area contributed by atoms with E-state index in [1.54, 1.807) is 74.9 Å². The monoisotopic (exact) mass is 975 g/mol. The summed E-state index contributed by atoms with van der Waals surface area (Å²) in [6, 6.07) is 38.9. The van der Waals surface area contributed by atoms with Gasteiger partial charge in [0.1, 0.15) is 35.4 Å². The maximum absolute atomic E-state index is 15.8. The van der Waals surface area contributed by atoms with Crippen molar-refractivity contribution in [2.75, 3.05) is 31.7 Å². The number of allylic oxidation sites excluding steroid dienone is 2. The Balaban J connectivity index is 1.05. The first-order chi connectivity index (χ1) is 33.9. The second-order valence-corrected chi connectivity index (χ2v) is 18.6. The fourth-order valence-corrected chi connectivity index (χ4v) is 11.4. The highest BCUT2D eigenvalue weighted by Crippen LogP contribution is 2.65. The van der Waals surface area contributed by atoms with Crippen LogP contribution in [0.3, 0.4) is 0 Å². The summed E-state index contributed by atoms with van der Waals surface area (Å²) in [5.41, 5.74) is 6.07. The minimum atomic E-state index is -1.68. The summed E-state index contributed by atoms with van der Waals surface area (Å²) in [6.45, 7) is 0.239. The molecule has 14 heteroatoms. The minimum Gasteiger partial charge on any atom is -0.508 e. The zero-order valence-electron chi connectivity index (χ0n) is 38.3. The first kappa shape index (κ1) is 46.2. The lowest BCUT2D eigenvalue weighted by Gasteiger charge is -2.50. The summed E-state index contributed by atoms with van der Waals surface area (Å²) >= 11 is 12.9. The first-order valence-corrected chi connectivity index (χ1v) is 23.5. The maximum Gasteiger partial charge on any atom is 0.260 e. The summed E-state index contributed by atoms with van der Waals surface area (Å²) in [7, 11) is 4.73. The summed E-state index contributed by atoms with van der Waals surface area (Å²) in [5, 5.41) is 13.8. The first-order valence-electron chi connectivity index (χ1n) is 22.8. The zero-order valence-corrected chi connectivity index (χ0v) is 39.8. The number of phenolic OH excluding ortho intramolecular Hbond substituents is 1. The molecule has 6 aromatic rings. The Morgan fingerprint density at radius 1 is 0.729 bits per heavy atom. The largest absolute Gasteiger partial charge is 0.508 e. The van der Waals surface area contributed by atoms with Crippen molar-refractivity contribution in [3.63, 3.8) is 0 Å². The van der Waals surface area contributed by atoms with Gasteiger partial charge in [-0.15, -0.1) is 0 Å². The van der Waals surface area contributed by atoms with Crippen LogP contribution in [0.2, 0.25) is 10.0 Å². The standard InChI is InChI=1S/C56H47Cl2N3O9/c1-67-38-18-13-35(14-19-38)56-45(53(64)61(55(56)66)59-47-25-15-36(57)28-46(47)58)30-44-41(51(56)42-22-20-40(29-48(42)62)70-31-33-7-5-4-6-8-33)23-24-43-50(44)54(65)60(52(43)63)37-16-10-32(11-17-37)9-12-34-27-39(68-2)21-26-49(34)69-3/h4-23,25-29,43-45,50-51,59,62H,24,30-31H2,1-3H3/t43-,44+,45-,50-,51+,56+/m0/s1. The molecule has 0 unspecified atom stereocenters. The Kier molecular flexibility index (Phi) is 12.4. The summed E-state index contributed by atoms with van der Waals surface area (Å²) < 4.78 is 22.6. The number of halogens is 2. The van der Waals surface area contributed by atoms with E-state index in [4.69, 9.17) is 42.1 Å². The number of phenols is 1. The molecule has 0 bridgehead atoms. The molecule has 2 aliphatic carbocycles. The number of anilines is 2. The number of fused-ring (bicyclic) bond motifs is 4. The average molecular weight is 977 g/mol. The van der Waals surface area contributed by atoms with E-state index in [2.05, 4.69) is 5.43 Å². The van der Waals surface area contributed by atoms with Crippen LogP contribution >= 0.6 is 23.2 Å². The molecule has 6 aromatic carbocycles. The van der Waals surface area contributed by atoms with Gasteiger partial charge in [0, 0.05) is 28.1 Å². The summed E-state index contributed by atoms with van der Waals surface area (Å²) in [4.78, 5) is 61.9. The van der Waals surface area contributed by atoms with Crippen LogP contribution < -0.4 is 29.3 Å². The highest BCUT2D eigenvalue weighted by atomic mass is 35.5. The van der Waals surface area contributed by atoms with Crippen molar-refractivity contribution in [3.05, 3.63) is 183 Å². The molecule has 0 aromatic heterocycles. The van der Waals surface area contributed by atoms with Gasteiger partial charge in [0.2, 0.25) is 11.8 Å². The van der Waals surface area contributed by atoms with Crippen molar-refractivity contribution in [1.82, 2.24) is 5.01 Å². The van der Waals surface area contributed by atoms with Crippen LogP contribution in [0.5, 0.6) is 28.7 Å². The van der Waals surface area contributed by atoms with E-state index in [0.717, 1.165) is 21.7 Å². The Morgan fingerprint density at radius 2 is 1.46 bits per heavy atom. The van der Waals surface area contributed by atoms with E-state index in [0.29, 0.717) is 50.4 Å². The van der Waals surface area contributed by atoms with E-state index in [1.165, 1.54) is 24.1 Å². The molecule has 4 aliphatic rings. The van der Waals surface area contributed by atoms with Gasteiger partial charge < -0.3 is 24.1 Å². The average Bonchev–Trinajstić information content (AvgIpc) is 3.76. The molecule has 2 N–H and O–H groups in total. The third-order valence-electron chi connectivity index (χ3n) is 14.2. The molecule has 2 aliphatic heterocycles. The molecule has 0 spiro atoms. The molecule has 6 atom stereocenters. The third-order valence-corrected chi connectivity index (χ3v) is 14.7. The maximum atomic E-state index is 15.8. The second-order valence-electron chi connectivity index (χ2n) is 17.8. The SMILES string of the molecule is COc1ccc([C@@]23C(=O)N(Nc4ccc(Cl)cc4Cl)C(=O)[C@@H]2C[C@@H]2C(=CC[C@@H]4C(=O)N(c5ccc(C=Cc6cc(OC)ccc6OC)cc5)C(=O)[C@@H]42)[C@@H]3c2ccc(OCc3ccccc3)cc2O)cc1. The molecule has 70 heavy (non-hydrogen) atoms. The molecule has 1 saturated carbocycles. The number of hydrazine groups is 1. The number of methoxy groups -OCH3 is 3. The number of aromatic hydroxyl groups is 1. The predicted octanol–water partition coefficient (Wildman–Crippen LogP) is 10.7. The van der Waals surface area contributed by atoms with Gasteiger partial charge in [0.05, 0.1) is 60.9 Å². The third kappa shape index (κ3) is 7.90. The van der Waals surface area contributed by atoms with E-state index in [-0.39, 0.29) is 41.8 Å². The lowest BCUT2D eigenvalue weighted by Crippen LogP contribution is -2.53. The zero-order chi connectivity index (χ0) is 48.8. The van der Waals surface area contributed by atoms with Gasteiger partial charge >= 0.3 is 0 Å². The van der Waals surface area contributed by atoms with Gasteiger partial charge in [-0.05, 0) is 102 Å². The summed E-state index contributed by atoms with van der Waals surface area (Å²) in [5.74, 6) is -4.25. The number of nitrogens with one attached hydrogen (secondary N) is 1. The van der Waals surface area contributed by atoms with Crippen LogP contribution in [-0.2, 0) is 31.2 Å². The van der Waals surface area contributed by atoms with Crippen LogP contribution in [-0.4, -0.2) is 55.1 Å². The number of amides is 4. The van der Waals surface area contributed by atoms with Crippen molar-refractivity contribution in [1.29, 1.82) is 0 Å². The lowest BCUT2D eigenvalue weighted by molar-refractivity contribution is -0.138. The number of nitrogens with zero attached hydrogens (tertiary/aromatic N) is 2. The van der Waals surface area contributed by atoms with Gasteiger partial charge in [-0.3, -0.25) is 29.5 Å². The van der Waals surface area contributed by atoms with Gasteiger partial charge in [-0.1, -0.05) is 108 Å². The number of benzene rings is 6. The van der Waals surface area contributed by atoms with E-state index in [1.807, 2.05) is 78.9 Å². The number of carbonyl (C=O) groups is 4. The molecule has 2 saturated heterocycles. The Bertz CT molecular complexity index is 3110. The van der Waals surface area contributed by atoms with Crippen LogP contribution in [0.15, 0.2) is 145 Å². The smallest absolute Gasteiger partial charge is 0.260 e. The van der Waals surface area contributed by atoms with Crippen molar-refractivity contribution >= 4 is 70.4 Å².